The Hall–Kier alpha value is -0.890. The molecule has 0 N–H and O–H groups in total. The second kappa shape index (κ2) is 4.31. The number of hydrogen-bond donors (Lipinski definition) is 0. The van der Waals surface area contributed by atoms with E-state index in [0.717, 1.165) is 0 Å². The van der Waals surface area contributed by atoms with Gasteiger partial charge in [0.25, 0.3) is 0 Å². The van der Waals surface area contributed by atoms with E-state index in [1.807, 2.05) is 12.4 Å². The lowest BCUT2D eigenvalue weighted by atomic mass is 10.0. The molecule has 1 aliphatic heterocycles. The quantitative estimate of drug-likeness (QED) is 0.736. The molecule has 15 heavy (non-hydrogen) atoms. The Bertz CT molecular complexity index is 333. The molecule has 2 rings (SSSR count). The standard InChI is InChI=1S/C13H20N2/c1-10(2)15-8-4-5-13(15)12-9-14-7-6-11(12)3/h6-7,9-10,13H,4-5,8H2,1-3H3. The topological polar surface area (TPSA) is 16.1 Å². The van der Waals surface area contributed by atoms with Crippen LogP contribution in [0.15, 0.2) is 18.5 Å². The molecule has 82 valence electrons. The van der Waals surface area contributed by atoms with E-state index in [1.54, 1.807) is 0 Å². The van der Waals surface area contributed by atoms with Crippen molar-refractivity contribution in [1.29, 1.82) is 0 Å². The van der Waals surface area contributed by atoms with Gasteiger partial charge in [-0.05, 0) is 57.4 Å². The highest BCUT2D eigenvalue weighted by atomic mass is 15.2. The molecule has 1 aliphatic rings. The molecule has 1 fully saturated rings. The van der Waals surface area contributed by atoms with Crippen molar-refractivity contribution < 1.29 is 0 Å². The first kappa shape index (κ1) is 10.6. The van der Waals surface area contributed by atoms with Crippen molar-refractivity contribution in [2.75, 3.05) is 6.54 Å². The van der Waals surface area contributed by atoms with Crippen LogP contribution in [0.5, 0.6) is 0 Å². The summed E-state index contributed by atoms with van der Waals surface area (Å²) in [6.45, 7) is 7.98. The third-order valence-corrected chi connectivity index (χ3v) is 3.40. The highest BCUT2D eigenvalue weighted by Crippen LogP contribution is 2.34. The monoisotopic (exact) mass is 204 g/mol. The molecule has 0 aromatic carbocycles. The molecule has 2 heteroatoms. The van der Waals surface area contributed by atoms with Gasteiger partial charge in [-0.1, -0.05) is 0 Å². The zero-order chi connectivity index (χ0) is 10.8. The third kappa shape index (κ3) is 2.05. The molecule has 0 saturated carbocycles. The van der Waals surface area contributed by atoms with Crippen LogP contribution in [0, 0.1) is 6.92 Å². The lowest BCUT2D eigenvalue weighted by Gasteiger charge is -2.29. The van der Waals surface area contributed by atoms with E-state index in [1.165, 1.54) is 30.5 Å². The molecule has 1 atom stereocenters. The Labute approximate surface area is 92.3 Å². The van der Waals surface area contributed by atoms with Gasteiger partial charge in [-0.25, -0.2) is 0 Å². The Morgan fingerprint density at radius 2 is 2.27 bits per heavy atom. The Morgan fingerprint density at radius 3 is 2.93 bits per heavy atom. The van der Waals surface area contributed by atoms with Crippen molar-refractivity contribution in [3.8, 4) is 0 Å². The Balaban J connectivity index is 2.27. The Morgan fingerprint density at radius 1 is 1.47 bits per heavy atom. The summed E-state index contributed by atoms with van der Waals surface area (Å²) >= 11 is 0. The van der Waals surface area contributed by atoms with Crippen LogP contribution in [0.25, 0.3) is 0 Å². The van der Waals surface area contributed by atoms with Crippen molar-refractivity contribution in [3.05, 3.63) is 29.6 Å². The summed E-state index contributed by atoms with van der Waals surface area (Å²) in [6.07, 6.45) is 6.52. The molecular formula is C13H20N2. The molecule has 0 amide bonds. The molecule has 0 radical (unpaired) electrons. The normalized spacial score (nSPS) is 22.5. The van der Waals surface area contributed by atoms with Crippen molar-refractivity contribution in [2.45, 2.75) is 45.7 Å². The first-order valence-electron chi connectivity index (χ1n) is 5.86. The van der Waals surface area contributed by atoms with Gasteiger partial charge in [-0.3, -0.25) is 9.88 Å². The van der Waals surface area contributed by atoms with Crippen LogP contribution in [0.4, 0.5) is 0 Å². The number of likely N-dealkylation sites (tertiary alicyclic amines) is 1. The van der Waals surface area contributed by atoms with Gasteiger partial charge in [-0.15, -0.1) is 0 Å². The molecule has 1 aromatic rings. The average molecular weight is 204 g/mol. The zero-order valence-electron chi connectivity index (χ0n) is 9.90. The fraction of sp³-hybridized carbons (Fsp3) is 0.615. The summed E-state index contributed by atoms with van der Waals surface area (Å²) in [4.78, 5) is 6.84. The predicted octanol–water partition coefficient (Wildman–Crippen LogP) is 2.94. The summed E-state index contributed by atoms with van der Waals surface area (Å²) in [5, 5.41) is 0. The fourth-order valence-electron chi connectivity index (χ4n) is 2.57. The second-order valence-electron chi connectivity index (χ2n) is 4.72. The largest absolute Gasteiger partial charge is 0.294 e. The average Bonchev–Trinajstić information content (AvgIpc) is 2.67. The summed E-state index contributed by atoms with van der Waals surface area (Å²) in [6, 6.07) is 3.35. The van der Waals surface area contributed by atoms with E-state index in [9.17, 15) is 0 Å². The predicted molar refractivity (Wildman–Crippen MR) is 62.8 cm³/mol. The van der Waals surface area contributed by atoms with Gasteiger partial charge < -0.3 is 0 Å². The minimum atomic E-state index is 0.596. The van der Waals surface area contributed by atoms with E-state index in [4.69, 9.17) is 0 Å². The lowest BCUT2D eigenvalue weighted by molar-refractivity contribution is 0.205. The van der Waals surface area contributed by atoms with Crippen LogP contribution in [-0.2, 0) is 0 Å². The van der Waals surface area contributed by atoms with Gasteiger partial charge in [0.2, 0.25) is 0 Å². The first-order valence-corrected chi connectivity index (χ1v) is 5.86. The first-order chi connectivity index (χ1) is 7.20. The van der Waals surface area contributed by atoms with E-state index in [0.29, 0.717) is 12.1 Å². The number of nitrogens with zero attached hydrogens (tertiary/aromatic N) is 2. The molecule has 0 bridgehead atoms. The number of aryl methyl sites for hydroxylation is 1. The third-order valence-electron chi connectivity index (χ3n) is 3.40. The van der Waals surface area contributed by atoms with Gasteiger partial charge in [0.1, 0.15) is 0 Å². The van der Waals surface area contributed by atoms with Crippen molar-refractivity contribution in [2.24, 2.45) is 0 Å². The smallest absolute Gasteiger partial charge is 0.0369 e. The van der Waals surface area contributed by atoms with Crippen LogP contribution in [-0.4, -0.2) is 22.5 Å². The zero-order valence-corrected chi connectivity index (χ0v) is 9.90. The summed E-state index contributed by atoms with van der Waals surface area (Å²) in [5.41, 5.74) is 2.80. The van der Waals surface area contributed by atoms with Gasteiger partial charge in [0.15, 0.2) is 0 Å². The SMILES string of the molecule is Cc1ccncc1C1CCCN1C(C)C. The van der Waals surface area contributed by atoms with Crippen LogP contribution < -0.4 is 0 Å². The molecule has 0 spiro atoms. The molecule has 1 aromatic heterocycles. The molecule has 1 unspecified atom stereocenters. The molecule has 2 heterocycles. The van der Waals surface area contributed by atoms with Gasteiger partial charge >= 0.3 is 0 Å². The number of pyridine rings is 1. The van der Waals surface area contributed by atoms with Crippen molar-refractivity contribution in [1.82, 2.24) is 9.88 Å². The maximum Gasteiger partial charge on any atom is 0.0369 e. The lowest BCUT2D eigenvalue weighted by Crippen LogP contribution is -2.30. The van der Waals surface area contributed by atoms with Crippen molar-refractivity contribution in [3.63, 3.8) is 0 Å². The van der Waals surface area contributed by atoms with Crippen molar-refractivity contribution >= 4 is 0 Å². The second-order valence-corrected chi connectivity index (χ2v) is 4.72. The molecule has 1 saturated heterocycles. The maximum atomic E-state index is 4.26. The van der Waals surface area contributed by atoms with Crippen LogP contribution in [0.1, 0.15) is 43.9 Å². The fourth-order valence-corrected chi connectivity index (χ4v) is 2.57. The van der Waals surface area contributed by atoms with E-state index in [2.05, 4.69) is 36.7 Å². The minimum Gasteiger partial charge on any atom is -0.294 e. The highest BCUT2D eigenvalue weighted by Gasteiger charge is 2.28. The number of rotatable bonds is 2. The van der Waals surface area contributed by atoms with Crippen LogP contribution >= 0.6 is 0 Å². The van der Waals surface area contributed by atoms with E-state index >= 15 is 0 Å². The summed E-state index contributed by atoms with van der Waals surface area (Å²) in [5.74, 6) is 0. The van der Waals surface area contributed by atoms with E-state index < -0.39 is 0 Å². The number of hydrogen-bond acceptors (Lipinski definition) is 2. The summed E-state index contributed by atoms with van der Waals surface area (Å²) in [7, 11) is 0. The van der Waals surface area contributed by atoms with Gasteiger partial charge in [0.05, 0.1) is 0 Å². The number of aromatic nitrogens is 1. The van der Waals surface area contributed by atoms with E-state index in [-0.39, 0.29) is 0 Å². The van der Waals surface area contributed by atoms with Crippen LogP contribution in [0.2, 0.25) is 0 Å². The minimum absolute atomic E-state index is 0.596. The molecule has 0 aliphatic carbocycles. The summed E-state index contributed by atoms with van der Waals surface area (Å²) < 4.78 is 0. The van der Waals surface area contributed by atoms with Gasteiger partial charge in [-0.2, -0.15) is 0 Å². The highest BCUT2D eigenvalue weighted by molar-refractivity contribution is 5.26. The molecular weight excluding hydrogens is 184 g/mol. The molecule has 2 nitrogen and oxygen atoms in total. The maximum absolute atomic E-state index is 4.26. The Kier molecular flexibility index (Phi) is 3.06. The van der Waals surface area contributed by atoms with Crippen LogP contribution in [0.3, 0.4) is 0 Å². The van der Waals surface area contributed by atoms with Gasteiger partial charge in [0, 0.05) is 24.5 Å².